The van der Waals surface area contributed by atoms with Gasteiger partial charge in [-0.05, 0) is 35.7 Å². The second-order valence-electron chi connectivity index (χ2n) is 7.27. The van der Waals surface area contributed by atoms with Gasteiger partial charge in [0.1, 0.15) is 5.75 Å². The maximum Gasteiger partial charge on any atom is 0.337 e. The van der Waals surface area contributed by atoms with Gasteiger partial charge >= 0.3 is 5.97 Å². The van der Waals surface area contributed by atoms with Crippen LogP contribution in [0.4, 0.5) is 5.69 Å². The third kappa shape index (κ3) is 5.54. The second kappa shape index (κ2) is 10.5. The summed E-state index contributed by atoms with van der Waals surface area (Å²) >= 11 is 0. The van der Waals surface area contributed by atoms with E-state index in [9.17, 15) is 14.7 Å². The molecule has 0 unspecified atom stereocenters. The van der Waals surface area contributed by atoms with E-state index in [0.29, 0.717) is 17.9 Å². The molecule has 0 fully saturated rings. The molecule has 0 atom stereocenters. The molecule has 3 rings (SSSR count). The average Bonchev–Trinajstić information content (AvgIpc) is 2.79. The summed E-state index contributed by atoms with van der Waals surface area (Å²) < 4.78 is 5.83. The first-order valence-corrected chi connectivity index (χ1v) is 10.5. The molecule has 0 aliphatic carbocycles. The van der Waals surface area contributed by atoms with E-state index in [1.807, 2.05) is 49.3 Å². The molecular formula is C25H26BNO4. The van der Waals surface area contributed by atoms with Gasteiger partial charge in [-0.15, -0.1) is 0 Å². The molecule has 2 N–H and O–H groups in total. The summed E-state index contributed by atoms with van der Waals surface area (Å²) in [6, 6.07) is 20.1. The first-order chi connectivity index (χ1) is 15.0. The lowest BCUT2D eigenvalue weighted by atomic mass is 9.73. The van der Waals surface area contributed by atoms with Gasteiger partial charge in [-0.2, -0.15) is 0 Å². The fraction of sp³-hybridized carbons (Fsp3) is 0.200. The van der Waals surface area contributed by atoms with Crippen molar-refractivity contribution in [2.24, 2.45) is 0 Å². The SMILES string of the molecule is CBc1ccc(OCCCC)c(C(=O)Nc2cc(-c3ccccc3)ccc2C(=O)O)c1. The highest BCUT2D eigenvalue weighted by Gasteiger charge is 2.18. The molecule has 5 nitrogen and oxygen atoms in total. The second-order valence-corrected chi connectivity index (χ2v) is 7.27. The number of amides is 1. The summed E-state index contributed by atoms with van der Waals surface area (Å²) in [5.74, 6) is -0.995. The normalized spacial score (nSPS) is 10.4. The first kappa shape index (κ1) is 22.2. The number of ether oxygens (including phenoxy) is 1. The van der Waals surface area contributed by atoms with Crippen molar-refractivity contribution >= 4 is 30.3 Å². The quantitative estimate of drug-likeness (QED) is 0.396. The topological polar surface area (TPSA) is 75.6 Å². The number of nitrogens with one attached hydrogen (secondary N) is 1. The molecule has 0 aliphatic heterocycles. The van der Waals surface area contributed by atoms with Crippen molar-refractivity contribution in [2.75, 3.05) is 11.9 Å². The highest BCUT2D eigenvalue weighted by molar-refractivity contribution is 6.52. The Balaban J connectivity index is 1.96. The van der Waals surface area contributed by atoms with Crippen LogP contribution in [0.1, 0.15) is 40.5 Å². The number of aromatic carboxylic acids is 1. The third-order valence-corrected chi connectivity index (χ3v) is 5.06. The summed E-state index contributed by atoms with van der Waals surface area (Å²) in [7, 11) is 0.777. The van der Waals surface area contributed by atoms with Crippen LogP contribution in [0.5, 0.6) is 5.75 Å². The highest BCUT2D eigenvalue weighted by atomic mass is 16.5. The van der Waals surface area contributed by atoms with E-state index in [1.54, 1.807) is 18.2 Å². The summed E-state index contributed by atoms with van der Waals surface area (Å²) in [5, 5.41) is 12.4. The molecule has 0 saturated heterocycles. The van der Waals surface area contributed by atoms with Gasteiger partial charge in [0.05, 0.1) is 23.4 Å². The van der Waals surface area contributed by atoms with Crippen molar-refractivity contribution in [3.8, 4) is 16.9 Å². The smallest absolute Gasteiger partial charge is 0.337 e. The monoisotopic (exact) mass is 415 g/mol. The van der Waals surface area contributed by atoms with Gasteiger partial charge in [-0.1, -0.05) is 74.2 Å². The van der Waals surface area contributed by atoms with E-state index < -0.39 is 11.9 Å². The van der Waals surface area contributed by atoms with Crippen LogP contribution < -0.4 is 15.5 Å². The molecule has 3 aromatic carbocycles. The van der Waals surface area contributed by atoms with Crippen LogP contribution in [0.3, 0.4) is 0 Å². The Bertz CT molecular complexity index is 1070. The molecular weight excluding hydrogens is 389 g/mol. The Morgan fingerprint density at radius 1 is 0.968 bits per heavy atom. The van der Waals surface area contributed by atoms with Crippen molar-refractivity contribution in [3.05, 3.63) is 77.9 Å². The highest BCUT2D eigenvalue weighted by Crippen LogP contribution is 2.27. The molecule has 6 heteroatoms. The molecule has 1 amide bonds. The van der Waals surface area contributed by atoms with Crippen LogP contribution in [0.2, 0.25) is 6.82 Å². The zero-order valence-electron chi connectivity index (χ0n) is 17.9. The maximum absolute atomic E-state index is 13.2. The van der Waals surface area contributed by atoms with Crippen molar-refractivity contribution < 1.29 is 19.4 Å². The van der Waals surface area contributed by atoms with Crippen LogP contribution in [-0.2, 0) is 0 Å². The number of carboxylic acids is 1. The summed E-state index contributed by atoms with van der Waals surface area (Å²) in [4.78, 5) is 24.9. The first-order valence-electron chi connectivity index (χ1n) is 10.5. The predicted octanol–water partition coefficient (Wildman–Crippen LogP) is 4.59. The summed E-state index contributed by atoms with van der Waals surface area (Å²) in [5.41, 5.74) is 3.45. The van der Waals surface area contributed by atoms with Gasteiger partial charge < -0.3 is 15.2 Å². The lowest BCUT2D eigenvalue weighted by Gasteiger charge is -2.15. The van der Waals surface area contributed by atoms with E-state index >= 15 is 0 Å². The molecule has 0 radical (unpaired) electrons. The minimum Gasteiger partial charge on any atom is -0.493 e. The number of hydrogen-bond acceptors (Lipinski definition) is 3. The molecule has 31 heavy (non-hydrogen) atoms. The lowest BCUT2D eigenvalue weighted by molar-refractivity contribution is 0.0698. The number of carboxylic acid groups (broad SMARTS) is 1. The van der Waals surface area contributed by atoms with Crippen molar-refractivity contribution in [1.29, 1.82) is 0 Å². The molecule has 0 bridgehead atoms. The van der Waals surface area contributed by atoms with Crippen LogP contribution in [0.15, 0.2) is 66.7 Å². The molecule has 0 heterocycles. The van der Waals surface area contributed by atoms with Gasteiger partial charge in [0, 0.05) is 0 Å². The van der Waals surface area contributed by atoms with Gasteiger partial charge in [-0.25, -0.2) is 4.79 Å². The Labute approximate surface area is 183 Å². The minimum absolute atomic E-state index is 0.0353. The van der Waals surface area contributed by atoms with E-state index in [1.165, 1.54) is 6.07 Å². The van der Waals surface area contributed by atoms with Crippen LogP contribution in [0.25, 0.3) is 11.1 Å². The van der Waals surface area contributed by atoms with E-state index in [-0.39, 0.29) is 11.3 Å². The zero-order chi connectivity index (χ0) is 22.2. The van der Waals surface area contributed by atoms with Gasteiger partial charge in [0.25, 0.3) is 5.91 Å². The molecule has 158 valence electrons. The molecule has 0 spiro atoms. The Morgan fingerprint density at radius 2 is 1.74 bits per heavy atom. The number of unbranched alkanes of at least 4 members (excludes halogenated alkanes) is 1. The number of anilines is 1. The van der Waals surface area contributed by atoms with E-state index in [0.717, 1.165) is 36.7 Å². The third-order valence-electron chi connectivity index (χ3n) is 5.06. The summed E-state index contributed by atoms with van der Waals surface area (Å²) in [6.45, 7) is 4.61. The Morgan fingerprint density at radius 3 is 2.42 bits per heavy atom. The van der Waals surface area contributed by atoms with Crippen molar-refractivity contribution in [3.63, 3.8) is 0 Å². The maximum atomic E-state index is 13.2. The Kier molecular flexibility index (Phi) is 7.49. The lowest BCUT2D eigenvalue weighted by Crippen LogP contribution is -2.20. The predicted molar refractivity (Wildman–Crippen MR) is 126 cm³/mol. The molecule has 0 aromatic heterocycles. The zero-order valence-corrected chi connectivity index (χ0v) is 17.9. The standard InChI is InChI=1S/C25H26BNO4/c1-3-4-14-31-23-13-11-19(26-2)16-21(23)24(28)27-22-15-18(10-12-20(22)25(29)30)17-8-6-5-7-9-17/h5-13,15-16,26H,3-4,14H2,1-2H3,(H,27,28)(H,29,30). The van der Waals surface area contributed by atoms with Crippen molar-refractivity contribution in [2.45, 2.75) is 26.6 Å². The Hall–Kier alpha value is -3.54. The van der Waals surface area contributed by atoms with Crippen LogP contribution in [0, 0.1) is 0 Å². The molecule has 3 aromatic rings. The van der Waals surface area contributed by atoms with Gasteiger partial charge in [0.2, 0.25) is 0 Å². The fourth-order valence-corrected chi connectivity index (χ4v) is 3.26. The van der Waals surface area contributed by atoms with Gasteiger partial charge in [-0.3, -0.25) is 4.79 Å². The average molecular weight is 415 g/mol. The van der Waals surface area contributed by atoms with Crippen molar-refractivity contribution in [1.82, 2.24) is 0 Å². The molecule has 0 saturated carbocycles. The van der Waals surface area contributed by atoms with Gasteiger partial charge in [0.15, 0.2) is 7.28 Å². The molecule has 0 aliphatic rings. The van der Waals surface area contributed by atoms with Crippen LogP contribution >= 0.6 is 0 Å². The number of carbonyl (C=O) groups is 2. The number of rotatable bonds is 9. The summed E-state index contributed by atoms with van der Waals surface area (Å²) in [6.07, 6.45) is 1.88. The van der Waals surface area contributed by atoms with Crippen LogP contribution in [-0.4, -0.2) is 30.9 Å². The fourth-order valence-electron chi connectivity index (χ4n) is 3.26. The van der Waals surface area contributed by atoms with E-state index in [2.05, 4.69) is 12.2 Å². The minimum atomic E-state index is -1.10. The van der Waals surface area contributed by atoms with E-state index in [4.69, 9.17) is 4.74 Å². The number of hydrogen-bond donors (Lipinski definition) is 2. The number of benzene rings is 3. The number of carbonyl (C=O) groups excluding carboxylic acids is 1. The largest absolute Gasteiger partial charge is 0.493 e.